The molecule has 0 saturated carbocycles. The van der Waals surface area contributed by atoms with Crippen molar-refractivity contribution < 1.29 is 0 Å². The van der Waals surface area contributed by atoms with Gasteiger partial charge in [0.25, 0.3) is 0 Å². The molecule has 1 heterocycles. The fourth-order valence-corrected chi connectivity index (χ4v) is 2.61. The van der Waals surface area contributed by atoms with Crippen LogP contribution >= 0.6 is 11.3 Å². The van der Waals surface area contributed by atoms with Crippen molar-refractivity contribution >= 4 is 11.3 Å². The molecule has 0 radical (unpaired) electrons. The number of nitrogens with zero attached hydrogens (tertiary/aromatic N) is 1. The minimum absolute atomic E-state index is 0.431. The van der Waals surface area contributed by atoms with Gasteiger partial charge in [0.15, 0.2) is 0 Å². The van der Waals surface area contributed by atoms with Gasteiger partial charge in [-0.3, -0.25) is 0 Å². The third kappa shape index (κ3) is 3.69. The van der Waals surface area contributed by atoms with Crippen LogP contribution < -0.4 is 5.32 Å². The molecule has 0 fully saturated rings. The molecule has 18 heavy (non-hydrogen) atoms. The summed E-state index contributed by atoms with van der Waals surface area (Å²) >= 11 is 1.64. The van der Waals surface area contributed by atoms with E-state index in [9.17, 15) is 0 Å². The maximum atomic E-state index is 8.76. The fourth-order valence-electron chi connectivity index (χ4n) is 1.85. The van der Waals surface area contributed by atoms with E-state index in [1.165, 1.54) is 10.4 Å². The van der Waals surface area contributed by atoms with Gasteiger partial charge in [-0.25, -0.2) is 0 Å². The van der Waals surface area contributed by atoms with Crippen LogP contribution in [-0.2, 0) is 13.0 Å². The fraction of sp³-hybridized carbons (Fsp3) is 0.267. The Hall–Kier alpha value is -1.63. The van der Waals surface area contributed by atoms with Crippen molar-refractivity contribution in [2.45, 2.75) is 25.9 Å². The maximum Gasteiger partial charge on any atom is 0.100 e. The van der Waals surface area contributed by atoms with E-state index in [1.54, 1.807) is 11.3 Å². The van der Waals surface area contributed by atoms with E-state index in [2.05, 4.69) is 42.6 Å². The first-order valence-electron chi connectivity index (χ1n) is 6.03. The molecule has 1 N–H and O–H groups in total. The number of thiophene rings is 1. The van der Waals surface area contributed by atoms with Gasteiger partial charge < -0.3 is 5.32 Å². The van der Waals surface area contributed by atoms with Crippen LogP contribution in [0.3, 0.4) is 0 Å². The molecular weight excluding hydrogens is 240 g/mol. The van der Waals surface area contributed by atoms with E-state index in [-0.39, 0.29) is 0 Å². The van der Waals surface area contributed by atoms with Crippen molar-refractivity contribution in [2.75, 3.05) is 0 Å². The first-order valence-corrected chi connectivity index (χ1v) is 6.90. The van der Waals surface area contributed by atoms with Crippen LogP contribution in [0, 0.1) is 11.3 Å². The van der Waals surface area contributed by atoms with Crippen molar-refractivity contribution in [1.29, 1.82) is 5.26 Å². The second kappa shape index (κ2) is 6.34. The van der Waals surface area contributed by atoms with Gasteiger partial charge in [-0.1, -0.05) is 30.3 Å². The average Bonchev–Trinajstić information content (AvgIpc) is 2.85. The summed E-state index contributed by atoms with van der Waals surface area (Å²) < 4.78 is 0. The Morgan fingerprint density at radius 2 is 2.11 bits per heavy atom. The molecule has 92 valence electrons. The van der Waals surface area contributed by atoms with Gasteiger partial charge in [-0.05, 0) is 25.0 Å². The Kier molecular flexibility index (Phi) is 4.52. The molecular formula is C15H16N2S. The van der Waals surface area contributed by atoms with Crippen molar-refractivity contribution in [2.24, 2.45) is 0 Å². The van der Waals surface area contributed by atoms with E-state index in [4.69, 9.17) is 5.26 Å². The van der Waals surface area contributed by atoms with Gasteiger partial charge in [0, 0.05) is 22.8 Å². The molecule has 0 aliphatic rings. The van der Waals surface area contributed by atoms with E-state index < -0.39 is 0 Å². The zero-order chi connectivity index (χ0) is 12.8. The van der Waals surface area contributed by atoms with Crippen molar-refractivity contribution in [3.8, 4) is 6.07 Å². The van der Waals surface area contributed by atoms with E-state index in [0.29, 0.717) is 6.04 Å². The monoisotopic (exact) mass is 256 g/mol. The molecule has 0 spiro atoms. The highest BCUT2D eigenvalue weighted by Crippen LogP contribution is 2.14. The van der Waals surface area contributed by atoms with Crippen molar-refractivity contribution in [3.05, 3.63) is 57.8 Å². The summed E-state index contributed by atoms with van der Waals surface area (Å²) in [7, 11) is 0. The molecule has 1 aromatic heterocycles. The lowest BCUT2D eigenvalue weighted by atomic mass is 10.1. The summed E-state index contributed by atoms with van der Waals surface area (Å²) in [5.74, 6) is 0. The first-order chi connectivity index (χ1) is 8.78. The Morgan fingerprint density at radius 3 is 2.78 bits per heavy atom. The molecule has 3 heteroatoms. The first kappa shape index (κ1) is 12.8. The van der Waals surface area contributed by atoms with Gasteiger partial charge >= 0.3 is 0 Å². The van der Waals surface area contributed by atoms with Crippen LogP contribution in [0.25, 0.3) is 0 Å². The quantitative estimate of drug-likeness (QED) is 0.890. The van der Waals surface area contributed by atoms with E-state index in [1.807, 2.05) is 17.5 Å². The molecule has 2 nitrogen and oxygen atoms in total. The molecule has 0 aliphatic carbocycles. The third-order valence-corrected chi connectivity index (χ3v) is 3.73. The average molecular weight is 256 g/mol. The van der Waals surface area contributed by atoms with Crippen LogP contribution in [0.2, 0.25) is 0 Å². The minimum Gasteiger partial charge on any atom is -0.309 e. The lowest BCUT2D eigenvalue weighted by molar-refractivity contribution is 0.549. The van der Waals surface area contributed by atoms with E-state index in [0.717, 1.165) is 18.5 Å². The second-order valence-electron chi connectivity index (χ2n) is 4.39. The molecule has 1 unspecified atom stereocenters. The number of rotatable bonds is 5. The standard InChI is InChI=1S/C15H16N2S/c1-12(7-13-5-3-2-4-6-13)17-10-15-8-14(9-16)11-18-15/h2-6,8,11-12,17H,7,10H2,1H3. The third-order valence-electron chi connectivity index (χ3n) is 2.79. The summed E-state index contributed by atoms with van der Waals surface area (Å²) in [5, 5.41) is 14.1. The molecule has 0 bridgehead atoms. The number of benzene rings is 1. The number of hydrogen-bond acceptors (Lipinski definition) is 3. The largest absolute Gasteiger partial charge is 0.309 e. The highest BCUT2D eigenvalue weighted by Gasteiger charge is 2.04. The highest BCUT2D eigenvalue weighted by atomic mass is 32.1. The number of hydrogen-bond donors (Lipinski definition) is 1. The molecule has 2 aromatic rings. The minimum atomic E-state index is 0.431. The van der Waals surface area contributed by atoms with Crippen LogP contribution in [0.4, 0.5) is 0 Å². The molecule has 1 atom stereocenters. The van der Waals surface area contributed by atoms with E-state index >= 15 is 0 Å². The maximum absolute atomic E-state index is 8.76. The Bertz CT molecular complexity index is 525. The summed E-state index contributed by atoms with van der Waals surface area (Å²) in [6.45, 7) is 3.02. The molecule has 0 amide bonds. The topological polar surface area (TPSA) is 35.8 Å². The summed E-state index contributed by atoms with van der Waals surface area (Å²) in [5.41, 5.74) is 2.11. The molecule has 2 rings (SSSR count). The predicted molar refractivity (Wildman–Crippen MR) is 75.5 cm³/mol. The zero-order valence-electron chi connectivity index (χ0n) is 10.4. The zero-order valence-corrected chi connectivity index (χ0v) is 11.2. The summed E-state index contributed by atoms with van der Waals surface area (Å²) in [4.78, 5) is 1.21. The van der Waals surface area contributed by atoms with Gasteiger partial charge in [-0.2, -0.15) is 5.26 Å². The van der Waals surface area contributed by atoms with Gasteiger partial charge in [-0.15, -0.1) is 11.3 Å². The Labute approximate surface area is 112 Å². The van der Waals surface area contributed by atoms with Crippen molar-refractivity contribution in [1.82, 2.24) is 5.32 Å². The molecule has 1 aromatic carbocycles. The summed E-state index contributed by atoms with van der Waals surface area (Å²) in [6, 6.07) is 15.0. The SMILES string of the molecule is CC(Cc1ccccc1)NCc1cc(C#N)cs1. The lowest BCUT2D eigenvalue weighted by Gasteiger charge is -2.12. The van der Waals surface area contributed by atoms with Crippen LogP contribution in [-0.4, -0.2) is 6.04 Å². The Morgan fingerprint density at radius 1 is 1.33 bits per heavy atom. The predicted octanol–water partition coefficient (Wildman–Crippen LogP) is 3.34. The highest BCUT2D eigenvalue weighted by molar-refractivity contribution is 7.10. The lowest BCUT2D eigenvalue weighted by Crippen LogP contribution is -2.27. The molecule has 0 saturated heterocycles. The van der Waals surface area contributed by atoms with Crippen molar-refractivity contribution in [3.63, 3.8) is 0 Å². The van der Waals surface area contributed by atoms with Gasteiger partial charge in [0.2, 0.25) is 0 Å². The number of nitriles is 1. The number of nitrogens with one attached hydrogen (secondary N) is 1. The summed E-state index contributed by atoms with van der Waals surface area (Å²) in [6.07, 6.45) is 1.03. The van der Waals surface area contributed by atoms with Gasteiger partial charge in [0.05, 0.1) is 5.56 Å². The van der Waals surface area contributed by atoms with Crippen LogP contribution in [0.1, 0.15) is 22.9 Å². The van der Waals surface area contributed by atoms with Crippen LogP contribution in [0.15, 0.2) is 41.8 Å². The van der Waals surface area contributed by atoms with Gasteiger partial charge in [0.1, 0.15) is 6.07 Å². The smallest absolute Gasteiger partial charge is 0.100 e. The Balaban J connectivity index is 1.82. The molecule has 0 aliphatic heterocycles. The normalized spacial score (nSPS) is 12.0. The second-order valence-corrected chi connectivity index (χ2v) is 5.38. The van der Waals surface area contributed by atoms with Crippen LogP contribution in [0.5, 0.6) is 0 Å².